The normalized spacial score (nSPS) is 16.2. The first kappa shape index (κ1) is 15.3. The van der Waals surface area contributed by atoms with Gasteiger partial charge in [0.15, 0.2) is 5.82 Å². The fourth-order valence-corrected chi connectivity index (χ4v) is 4.43. The third-order valence-electron chi connectivity index (χ3n) is 3.34. The molecule has 0 unspecified atom stereocenters. The van der Waals surface area contributed by atoms with Gasteiger partial charge in [-0.1, -0.05) is 11.8 Å². The largest absolute Gasteiger partial charge is 0.447 e. The molecule has 0 spiro atoms. The summed E-state index contributed by atoms with van der Waals surface area (Å²) in [5.41, 5.74) is 5.71. The lowest BCUT2D eigenvalue weighted by Crippen LogP contribution is -2.27. The number of hydrogen-bond donors (Lipinski definition) is 1. The molecule has 2 N–H and O–H groups in total. The Balaban J connectivity index is 1.70. The molecule has 1 aliphatic heterocycles. The lowest BCUT2D eigenvalue weighted by Gasteiger charge is -2.12. The molecule has 1 aliphatic rings. The molecule has 0 amide bonds. The molecule has 2 aromatic rings. The summed E-state index contributed by atoms with van der Waals surface area (Å²) in [6, 6.07) is 3.17. The minimum Gasteiger partial charge on any atom is -0.447 e. The summed E-state index contributed by atoms with van der Waals surface area (Å²) in [7, 11) is -3.50. The van der Waals surface area contributed by atoms with E-state index in [0.29, 0.717) is 35.4 Å². The molecule has 0 aromatic carbocycles. The highest BCUT2D eigenvalue weighted by atomic mass is 32.2. The Morgan fingerprint density at radius 2 is 1.95 bits per heavy atom. The highest BCUT2D eigenvalue weighted by Gasteiger charge is 2.29. The molecule has 0 bridgehead atoms. The zero-order valence-corrected chi connectivity index (χ0v) is 13.4. The van der Waals surface area contributed by atoms with Crippen LogP contribution in [0.3, 0.4) is 0 Å². The van der Waals surface area contributed by atoms with Gasteiger partial charge in [0.25, 0.3) is 10.0 Å². The molecular weight excluding hydrogens is 324 g/mol. The summed E-state index contributed by atoms with van der Waals surface area (Å²) in [5, 5.41) is 0.597. The van der Waals surface area contributed by atoms with E-state index in [1.807, 2.05) is 0 Å². The first-order valence-electron chi connectivity index (χ1n) is 6.85. The second-order valence-electron chi connectivity index (χ2n) is 4.87. The summed E-state index contributed by atoms with van der Waals surface area (Å²) in [6.07, 6.45) is 4.88. The molecule has 0 radical (unpaired) electrons. The molecule has 0 atom stereocenters. The number of nitrogens with zero attached hydrogens (tertiary/aromatic N) is 3. The molecule has 3 rings (SSSR count). The molecule has 118 valence electrons. The van der Waals surface area contributed by atoms with E-state index in [4.69, 9.17) is 10.2 Å². The van der Waals surface area contributed by atoms with Crippen LogP contribution in [0.5, 0.6) is 0 Å². The van der Waals surface area contributed by atoms with E-state index in [2.05, 4.69) is 9.97 Å². The van der Waals surface area contributed by atoms with Crippen molar-refractivity contribution in [3.05, 3.63) is 30.3 Å². The van der Waals surface area contributed by atoms with Crippen molar-refractivity contribution >= 4 is 27.6 Å². The van der Waals surface area contributed by atoms with Crippen LogP contribution < -0.4 is 5.73 Å². The molecule has 2 aromatic heterocycles. The van der Waals surface area contributed by atoms with E-state index >= 15 is 0 Å². The summed E-state index contributed by atoms with van der Waals surface area (Å²) < 4.78 is 31.7. The minimum absolute atomic E-state index is 0.00267. The number of thioether (sulfide) groups is 1. The van der Waals surface area contributed by atoms with Gasteiger partial charge in [-0.05, 0) is 25.0 Å². The minimum atomic E-state index is -3.50. The number of aromatic nitrogens is 2. The Hall–Kier alpha value is -1.58. The van der Waals surface area contributed by atoms with Crippen LogP contribution in [0.25, 0.3) is 0 Å². The molecule has 1 fully saturated rings. The van der Waals surface area contributed by atoms with Gasteiger partial charge in [0.1, 0.15) is 10.8 Å². The Morgan fingerprint density at radius 3 is 2.68 bits per heavy atom. The van der Waals surface area contributed by atoms with E-state index in [1.165, 1.54) is 28.3 Å². The van der Waals surface area contributed by atoms with Crippen molar-refractivity contribution in [2.75, 3.05) is 18.8 Å². The van der Waals surface area contributed by atoms with E-state index in [-0.39, 0.29) is 5.09 Å². The maximum atomic E-state index is 12.4. The average molecular weight is 340 g/mol. The van der Waals surface area contributed by atoms with Crippen molar-refractivity contribution in [1.29, 1.82) is 0 Å². The first-order valence-corrected chi connectivity index (χ1v) is 9.28. The van der Waals surface area contributed by atoms with E-state index in [1.54, 1.807) is 12.3 Å². The quantitative estimate of drug-likeness (QED) is 0.827. The van der Waals surface area contributed by atoms with Gasteiger partial charge in [-0.3, -0.25) is 0 Å². The molecule has 7 nitrogen and oxygen atoms in total. The van der Waals surface area contributed by atoms with E-state index in [0.717, 1.165) is 12.8 Å². The van der Waals surface area contributed by atoms with Crippen molar-refractivity contribution in [3.8, 4) is 0 Å². The monoisotopic (exact) mass is 340 g/mol. The number of nitrogen functional groups attached to an aromatic ring is 1. The Morgan fingerprint density at radius 1 is 1.23 bits per heavy atom. The van der Waals surface area contributed by atoms with Gasteiger partial charge in [0, 0.05) is 25.5 Å². The van der Waals surface area contributed by atoms with E-state index in [9.17, 15) is 8.42 Å². The van der Waals surface area contributed by atoms with Gasteiger partial charge in [-0.2, -0.15) is 4.31 Å². The van der Waals surface area contributed by atoms with Gasteiger partial charge >= 0.3 is 0 Å². The Labute approximate surface area is 133 Å². The Bertz CT molecular complexity index is 754. The standard InChI is InChI=1S/C13H16N4O3S2/c14-12-13(16-6-5-15-12)21-9-10-3-4-11(20-10)22(18,19)17-7-1-2-8-17/h3-6H,1-2,7-9H2,(H2,14,15). The van der Waals surface area contributed by atoms with Crippen LogP contribution in [0.15, 0.2) is 39.1 Å². The SMILES string of the molecule is Nc1nccnc1SCc1ccc(S(=O)(=O)N2CCCC2)o1. The summed E-state index contributed by atoms with van der Waals surface area (Å²) in [4.78, 5) is 8.07. The number of rotatable bonds is 5. The Kier molecular flexibility index (Phi) is 4.37. The molecule has 22 heavy (non-hydrogen) atoms. The van der Waals surface area contributed by atoms with Gasteiger partial charge in [-0.25, -0.2) is 18.4 Å². The second kappa shape index (κ2) is 6.27. The summed E-state index contributed by atoms with van der Waals surface area (Å²) >= 11 is 1.36. The number of nitrogens with two attached hydrogens (primary N) is 1. The number of furan rings is 1. The first-order chi connectivity index (χ1) is 10.6. The zero-order valence-electron chi connectivity index (χ0n) is 11.8. The summed E-state index contributed by atoms with van der Waals surface area (Å²) in [5.74, 6) is 1.36. The highest BCUT2D eigenvalue weighted by Crippen LogP contribution is 2.27. The third-order valence-corrected chi connectivity index (χ3v) is 6.13. The lowest BCUT2D eigenvalue weighted by molar-refractivity contribution is 0.397. The van der Waals surface area contributed by atoms with Crippen LogP contribution in [-0.4, -0.2) is 35.8 Å². The maximum Gasteiger partial charge on any atom is 0.276 e. The van der Waals surface area contributed by atoms with Crippen LogP contribution in [-0.2, 0) is 15.8 Å². The smallest absolute Gasteiger partial charge is 0.276 e. The van der Waals surface area contributed by atoms with Crippen LogP contribution in [0.2, 0.25) is 0 Å². The number of anilines is 1. The van der Waals surface area contributed by atoms with Gasteiger partial charge < -0.3 is 10.2 Å². The van der Waals surface area contributed by atoms with Gasteiger partial charge in [-0.15, -0.1) is 0 Å². The van der Waals surface area contributed by atoms with Crippen LogP contribution in [0, 0.1) is 0 Å². The van der Waals surface area contributed by atoms with Crippen molar-refractivity contribution in [3.63, 3.8) is 0 Å². The fraction of sp³-hybridized carbons (Fsp3) is 0.385. The number of sulfonamides is 1. The van der Waals surface area contributed by atoms with Crippen LogP contribution in [0.1, 0.15) is 18.6 Å². The zero-order chi connectivity index (χ0) is 15.6. The van der Waals surface area contributed by atoms with Crippen molar-refractivity contribution in [2.24, 2.45) is 0 Å². The van der Waals surface area contributed by atoms with Crippen LogP contribution in [0.4, 0.5) is 5.82 Å². The van der Waals surface area contributed by atoms with Crippen molar-refractivity contribution < 1.29 is 12.8 Å². The molecule has 0 aliphatic carbocycles. The van der Waals surface area contributed by atoms with Crippen molar-refractivity contribution in [2.45, 2.75) is 28.7 Å². The maximum absolute atomic E-state index is 12.4. The van der Waals surface area contributed by atoms with Gasteiger partial charge in [0.05, 0.1) is 5.75 Å². The molecular formula is C13H16N4O3S2. The predicted molar refractivity (Wildman–Crippen MR) is 82.7 cm³/mol. The second-order valence-corrected chi connectivity index (χ2v) is 7.70. The average Bonchev–Trinajstić information content (AvgIpc) is 3.18. The highest BCUT2D eigenvalue weighted by molar-refractivity contribution is 7.98. The summed E-state index contributed by atoms with van der Waals surface area (Å²) in [6.45, 7) is 1.12. The van der Waals surface area contributed by atoms with Gasteiger partial charge in [0.2, 0.25) is 5.09 Å². The number of hydrogen-bond acceptors (Lipinski definition) is 7. The fourth-order valence-electron chi connectivity index (χ4n) is 2.22. The van der Waals surface area contributed by atoms with Crippen LogP contribution >= 0.6 is 11.8 Å². The third kappa shape index (κ3) is 3.11. The lowest BCUT2D eigenvalue weighted by atomic mass is 10.4. The predicted octanol–water partition coefficient (Wildman–Crippen LogP) is 1.73. The van der Waals surface area contributed by atoms with E-state index < -0.39 is 10.0 Å². The molecule has 3 heterocycles. The topological polar surface area (TPSA) is 102 Å². The van der Waals surface area contributed by atoms with Crippen molar-refractivity contribution in [1.82, 2.24) is 14.3 Å². The molecule has 9 heteroatoms. The molecule has 1 saturated heterocycles. The molecule has 0 saturated carbocycles.